The van der Waals surface area contributed by atoms with Gasteiger partial charge in [-0.05, 0) is 45.4 Å². The highest BCUT2D eigenvalue weighted by Gasteiger charge is 2.73. The van der Waals surface area contributed by atoms with Crippen LogP contribution in [0.1, 0.15) is 58.3 Å². The second kappa shape index (κ2) is 5.19. The highest BCUT2D eigenvalue weighted by molar-refractivity contribution is 5.90. The number of nitrogens with one attached hydrogen (secondary N) is 1. The van der Waals surface area contributed by atoms with Crippen LogP contribution in [0.25, 0.3) is 0 Å². The summed E-state index contributed by atoms with van der Waals surface area (Å²) < 4.78 is 11.8. The Labute approximate surface area is 137 Å². The van der Waals surface area contributed by atoms with Gasteiger partial charge in [0.05, 0.1) is 18.2 Å². The molecule has 0 aromatic carbocycles. The summed E-state index contributed by atoms with van der Waals surface area (Å²) in [5, 5.41) is 12.9. The van der Waals surface area contributed by atoms with E-state index in [1.54, 1.807) is 0 Å². The van der Waals surface area contributed by atoms with Gasteiger partial charge in [0, 0.05) is 18.6 Å². The first kappa shape index (κ1) is 15.4. The predicted octanol–water partition coefficient (Wildman–Crippen LogP) is 2.30. The fourth-order valence-corrected chi connectivity index (χ4v) is 5.41. The third-order valence-electron chi connectivity index (χ3n) is 6.86. The Kier molecular flexibility index (Phi) is 3.48. The maximum Gasteiger partial charge on any atom is 0.241 e. The minimum atomic E-state index is -0.778. The van der Waals surface area contributed by atoms with Gasteiger partial charge in [0.25, 0.3) is 0 Å². The quantitative estimate of drug-likeness (QED) is 0.863. The summed E-state index contributed by atoms with van der Waals surface area (Å²) >= 11 is 0. The zero-order valence-corrected chi connectivity index (χ0v) is 13.9. The number of amides is 1. The highest BCUT2D eigenvalue weighted by Crippen LogP contribution is 2.71. The molecule has 0 bridgehead atoms. The minimum absolute atomic E-state index is 0.00155. The molecule has 1 N–H and O–H groups in total. The molecule has 126 valence electrons. The molecule has 4 unspecified atom stereocenters. The van der Waals surface area contributed by atoms with Gasteiger partial charge < -0.3 is 14.8 Å². The van der Waals surface area contributed by atoms with Crippen molar-refractivity contribution < 1.29 is 14.3 Å². The lowest BCUT2D eigenvalue weighted by molar-refractivity contribution is -0.199. The first-order valence-corrected chi connectivity index (χ1v) is 9.10. The van der Waals surface area contributed by atoms with E-state index in [0.717, 1.165) is 58.0 Å². The molecule has 1 amide bonds. The monoisotopic (exact) mass is 318 g/mol. The predicted molar refractivity (Wildman–Crippen MR) is 83.4 cm³/mol. The van der Waals surface area contributed by atoms with E-state index >= 15 is 0 Å². The molecule has 5 nitrogen and oxygen atoms in total. The topological polar surface area (TPSA) is 71.3 Å². The fourth-order valence-electron chi connectivity index (χ4n) is 5.41. The molecule has 0 aromatic heterocycles. The molecule has 4 aliphatic rings. The summed E-state index contributed by atoms with van der Waals surface area (Å²) in [5.74, 6) is -0.0586. The summed E-state index contributed by atoms with van der Waals surface area (Å²) in [6.07, 6.45) is 7.95. The third kappa shape index (κ3) is 1.94. The third-order valence-corrected chi connectivity index (χ3v) is 6.86. The van der Waals surface area contributed by atoms with E-state index in [4.69, 9.17) is 9.47 Å². The van der Waals surface area contributed by atoms with Gasteiger partial charge in [-0.1, -0.05) is 12.8 Å². The molecule has 0 radical (unpaired) electrons. The van der Waals surface area contributed by atoms with Crippen molar-refractivity contribution in [1.29, 1.82) is 5.26 Å². The summed E-state index contributed by atoms with van der Waals surface area (Å²) in [4.78, 5) is 12.9. The van der Waals surface area contributed by atoms with Gasteiger partial charge in [0.1, 0.15) is 11.0 Å². The molecule has 4 fully saturated rings. The summed E-state index contributed by atoms with van der Waals surface area (Å²) in [6.45, 7) is 3.40. The van der Waals surface area contributed by atoms with Crippen molar-refractivity contribution in [2.45, 2.75) is 76.0 Å². The van der Waals surface area contributed by atoms with Crippen molar-refractivity contribution in [3.63, 3.8) is 0 Å². The SMILES string of the molecule is CCOC1CC(NC(=O)C2(C#N)CC23CCCC3)C12CCCO2. The number of hydrogen-bond acceptors (Lipinski definition) is 4. The fraction of sp³-hybridized carbons (Fsp3) is 0.889. The smallest absolute Gasteiger partial charge is 0.241 e. The Hall–Kier alpha value is -1.12. The number of carbonyl (C=O) groups is 1. The van der Waals surface area contributed by atoms with E-state index in [2.05, 4.69) is 11.4 Å². The number of nitrogens with zero attached hydrogens (tertiary/aromatic N) is 1. The van der Waals surface area contributed by atoms with Gasteiger partial charge in [-0.3, -0.25) is 4.79 Å². The van der Waals surface area contributed by atoms with Crippen LogP contribution in [-0.2, 0) is 14.3 Å². The highest BCUT2D eigenvalue weighted by atomic mass is 16.6. The Morgan fingerprint density at radius 1 is 1.35 bits per heavy atom. The Balaban J connectivity index is 1.46. The van der Waals surface area contributed by atoms with Gasteiger partial charge in [-0.2, -0.15) is 5.26 Å². The summed E-state index contributed by atoms with van der Waals surface area (Å²) in [7, 11) is 0. The molecule has 5 heteroatoms. The molecule has 4 rings (SSSR count). The first-order valence-electron chi connectivity index (χ1n) is 9.10. The largest absolute Gasteiger partial charge is 0.375 e. The molecule has 0 aromatic rings. The van der Waals surface area contributed by atoms with E-state index in [-0.39, 0.29) is 29.1 Å². The zero-order chi connectivity index (χ0) is 16.1. The molecule has 3 saturated carbocycles. The number of carbonyl (C=O) groups excluding carboxylic acids is 1. The van der Waals surface area contributed by atoms with Crippen molar-refractivity contribution in [2.24, 2.45) is 10.8 Å². The van der Waals surface area contributed by atoms with Crippen LogP contribution in [0.5, 0.6) is 0 Å². The standard InChI is InChI=1S/C18H26N2O3/c1-2-22-14-10-13(18(14)8-5-9-23-18)20-15(21)17(12-19)11-16(17)6-3-4-7-16/h13-14H,2-11H2,1H3,(H,20,21). The number of hydrogen-bond donors (Lipinski definition) is 1. The van der Waals surface area contributed by atoms with Gasteiger partial charge >= 0.3 is 0 Å². The maximum absolute atomic E-state index is 12.9. The van der Waals surface area contributed by atoms with Crippen molar-refractivity contribution in [1.82, 2.24) is 5.32 Å². The minimum Gasteiger partial charge on any atom is -0.375 e. The van der Waals surface area contributed by atoms with E-state index < -0.39 is 5.41 Å². The second-order valence-electron chi connectivity index (χ2n) is 7.79. The molecular weight excluding hydrogens is 292 g/mol. The molecule has 2 spiro atoms. The van der Waals surface area contributed by atoms with E-state index in [9.17, 15) is 10.1 Å². The lowest BCUT2D eigenvalue weighted by Crippen LogP contribution is -2.70. The van der Waals surface area contributed by atoms with Crippen molar-refractivity contribution in [3.8, 4) is 6.07 Å². The van der Waals surface area contributed by atoms with Crippen LogP contribution in [0.15, 0.2) is 0 Å². The first-order chi connectivity index (χ1) is 11.1. The molecule has 1 saturated heterocycles. The number of ether oxygens (including phenoxy) is 2. The zero-order valence-electron chi connectivity index (χ0n) is 13.9. The number of rotatable bonds is 4. The van der Waals surface area contributed by atoms with Crippen LogP contribution in [0, 0.1) is 22.2 Å². The van der Waals surface area contributed by atoms with Crippen LogP contribution >= 0.6 is 0 Å². The summed E-state index contributed by atoms with van der Waals surface area (Å²) in [5.41, 5.74) is -1.15. The maximum atomic E-state index is 12.9. The van der Waals surface area contributed by atoms with Crippen molar-refractivity contribution >= 4 is 5.91 Å². The average Bonchev–Trinajstić information content (AvgIpc) is 2.96. The molecule has 23 heavy (non-hydrogen) atoms. The lowest BCUT2D eigenvalue weighted by atomic mass is 9.69. The van der Waals surface area contributed by atoms with Gasteiger partial charge in [0.15, 0.2) is 0 Å². The van der Waals surface area contributed by atoms with Crippen LogP contribution in [-0.4, -0.2) is 36.9 Å². The van der Waals surface area contributed by atoms with E-state index in [1.165, 1.54) is 0 Å². The van der Waals surface area contributed by atoms with Gasteiger partial charge in [-0.15, -0.1) is 0 Å². The van der Waals surface area contributed by atoms with E-state index in [1.807, 2.05) is 6.92 Å². The molecule has 4 atom stereocenters. The Morgan fingerprint density at radius 3 is 2.74 bits per heavy atom. The van der Waals surface area contributed by atoms with Crippen LogP contribution in [0.3, 0.4) is 0 Å². The van der Waals surface area contributed by atoms with E-state index in [0.29, 0.717) is 6.61 Å². The normalized spacial score (nSPS) is 43.3. The average molecular weight is 318 g/mol. The second-order valence-corrected chi connectivity index (χ2v) is 7.79. The Morgan fingerprint density at radius 2 is 2.13 bits per heavy atom. The molecule has 3 aliphatic carbocycles. The molecule has 1 aliphatic heterocycles. The van der Waals surface area contributed by atoms with Crippen molar-refractivity contribution in [2.75, 3.05) is 13.2 Å². The van der Waals surface area contributed by atoms with Crippen LogP contribution in [0.4, 0.5) is 0 Å². The van der Waals surface area contributed by atoms with Gasteiger partial charge in [-0.25, -0.2) is 0 Å². The molecular formula is C18H26N2O3. The van der Waals surface area contributed by atoms with Crippen LogP contribution in [0.2, 0.25) is 0 Å². The summed E-state index contributed by atoms with van der Waals surface area (Å²) in [6, 6.07) is 2.37. The molecule has 1 heterocycles. The number of nitriles is 1. The van der Waals surface area contributed by atoms with Gasteiger partial charge in [0.2, 0.25) is 5.91 Å². The lowest BCUT2D eigenvalue weighted by Gasteiger charge is -2.52. The van der Waals surface area contributed by atoms with Crippen molar-refractivity contribution in [3.05, 3.63) is 0 Å². The Bertz CT molecular complexity index is 543. The van der Waals surface area contributed by atoms with Crippen LogP contribution < -0.4 is 5.32 Å².